The predicted molar refractivity (Wildman–Crippen MR) is 100 cm³/mol. The van der Waals surface area contributed by atoms with E-state index in [1.54, 1.807) is 10.7 Å². The standard InChI is InChI=1S/C18H18ClN5O3/c1-11-9-16(22-24(11)10-13-5-3-4-6-14(13)19)20-17(25)15-7-8-23(21-15)12(2)18(26)27/h3-9,12H,10H2,1-2H3,(H,26,27)(H,20,22,25). The topological polar surface area (TPSA) is 102 Å². The number of anilines is 1. The van der Waals surface area contributed by atoms with Gasteiger partial charge in [-0.3, -0.25) is 14.2 Å². The van der Waals surface area contributed by atoms with Crippen molar-refractivity contribution in [2.24, 2.45) is 0 Å². The van der Waals surface area contributed by atoms with Crippen LogP contribution >= 0.6 is 11.6 Å². The number of carbonyl (C=O) groups excluding carboxylic acids is 1. The summed E-state index contributed by atoms with van der Waals surface area (Å²) in [6, 6.07) is 9.83. The van der Waals surface area contributed by atoms with Gasteiger partial charge in [0.05, 0.1) is 6.54 Å². The van der Waals surface area contributed by atoms with Crippen molar-refractivity contribution in [2.75, 3.05) is 5.32 Å². The highest BCUT2D eigenvalue weighted by Gasteiger charge is 2.18. The van der Waals surface area contributed by atoms with Crippen LogP contribution in [-0.2, 0) is 11.3 Å². The second-order valence-electron chi connectivity index (χ2n) is 6.07. The fourth-order valence-electron chi connectivity index (χ4n) is 2.49. The number of nitrogens with zero attached hydrogens (tertiary/aromatic N) is 4. The largest absolute Gasteiger partial charge is 0.480 e. The van der Waals surface area contributed by atoms with Crippen molar-refractivity contribution < 1.29 is 14.7 Å². The Morgan fingerprint density at radius 2 is 2.00 bits per heavy atom. The number of carboxylic acid groups (broad SMARTS) is 1. The third kappa shape index (κ3) is 4.17. The predicted octanol–water partition coefficient (Wildman–Crippen LogP) is 2.99. The lowest BCUT2D eigenvalue weighted by Crippen LogP contribution is -2.18. The molecule has 27 heavy (non-hydrogen) atoms. The van der Waals surface area contributed by atoms with E-state index in [0.29, 0.717) is 17.4 Å². The highest BCUT2D eigenvalue weighted by Crippen LogP contribution is 2.18. The van der Waals surface area contributed by atoms with Gasteiger partial charge in [-0.05, 0) is 31.5 Å². The van der Waals surface area contributed by atoms with E-state index >= 15 is 0 Å². The number of hydrogen-bond donors (Lipinski definition) is 2. The summed E-state index contributed by atoms with van der Waals surface area (Å²) < 4.78 is 2.96. The number of halogens is 1. The van der Waals surface area contributed by atoms with Crippen molar-refractivity contribution in [1.82, 2.24) is 19.6 Å². The Hall–Kier alpha value is -3.13. The first-order valence-electron chi connectivity index (χ1n) is 8.22. The van der Waals surface area contributed by atoms with Gasteiger partial charge in [0.15, 0.2) is 11.5 Å². The van der Waals surface area contributed by atoms with E-state index in [0.717, 1.165) is 11.3 Å². The van der Waals surface area contributed by atoms with E-state index in [1.807, 2.05) is 31.2 Å². The maximum atomic E-state index is 12.3. The number of hydrogen-bond acceptors (Lipinski definition) is 4. The summed E-state index contributed by atoms with van der Waals surface area (Å²) in [6.45, 7) is 3.84. The highest BCUT2D eigenvalue weighted by molar-refractivity contribution is 6.31. The number of aromatic nitrogens is 4. The molecule has 2 aromatic heterocycles. The van der Waals surface area contributed by atoms with Crippen LogP contribution in [0.3, 0.4) is 0 Å². The van der Waals surface area contributed by atoms with Gasteiger partial charge in [-0.2, -0.15) is 10.2 Å². The van der Waals surface area contributed by atoms with E-state index < -0.39 is 17.9 Å². The maximum Gasteiger partial charge on any atom is 0.328 e. The zero-order valence-electron chi connectivity index (χ0n) is 14.8. The molecule has 0 saturated heterocycles. The number of rotatable bonds is 6. The molecule has 1 amide bonds. The average molecular weight is 388 g/mol. The molecule has 1 atom stereocenters. The van der Waals surface area contributed by atoms with E-state index in [9.17, 15) is 9.59 Å². The van der Waals surface area contributed by atoms with Crippen LogP contribution in [0.25, 0.3) is 0 Å². The van der Waals surface area contributed by atoms with Crippen molar-refractivity contribution in [2.45, 2.75) is 26.4 Å². The molecule has 3 rings (SSSR count). The molecule has 0 aliphatic rings. The van der Waals surface area contributed by atoms with Gasteiger partial charge in [-0.25, -0.2) is 4.79 Å². The molecule has 2 N–H and O–H groups in total. The molecule has 3 aromatic rings. The molecule has 0 fully saturated rings. The summed E-state index contributed by atoms with van der Waals surface area (Å²) in [5, 5.41) is 20.7. The van der Waals surface area contributed by atoms with E-state index in [4.69, 9.17) is 16.7 Å². The lowest BCUT2D eigenvalue weighted by molar-refractivity contribution is -0.140. The fraction of sp³-hybridized carbons (Fsp3) is 0.222. The van der Waals surface area contributed by atoms with Crippen LogP contribution in [0.5, 0.6) is 0 Å². The van der Waals surface area contributed by atoms with Gasteiger partial charge in [0.25, 0.3) is 5.91 Å². The van der Waals surface area contributed by atoms with Crippen LogP contribution in [0.15, 0.2) is 42.6 Å². The highest BCUT2D eigenvalue weighted by atomic mass is 35.5. The van der Waals surface area contributed by atoms with E-state index in [1.165, 1.54) is 23.9 Å². The van der Waals surface area contributed by atoms with Crippen LogP contribution in [0.4, 0.5) is 5.82 Å². The number of carbonyl (C=O) groups is 2. The number of nitrogens with one attached hydrogen (secondary N) is 1. The van der Waals surface area contributed by atoms with Gasteiger partial charge in [-0.15, -0.1) is 0 Å². The number of amides is 1. The smallest absolute Gasteiger partial charge is 0.328 e. The maximum absolute atomic E-state index is 12.3. The molecule has 140 valence electrons. The van der Waals surface area contributed by atoms with Crippen molar-refractivity contribution >= 4 is 29.3 Å². The number of aryl methyl sites for hydroxylation is 1. The molecule has 0 bridgehead atoms. The summed E-state index contributed by atoms with van der Waals surface area (Å²) in [5.41, 5.74) is 1.89. The van der Waals surface area contributed by atoms with Crippen molar-refractivity contribution in [3.05, 3.63) is 64.6 Å². The second-order valence-corrected chi connectivity index (χ2v) is 6.48. The quantitative estimate of drug-likeness (QED) is 0.677. The van der Waals surface area contributed by atoms with E-state index in [-0.39, 0.29) is 5.69 Å². The van der Waals surface area contributed by atoms with E-state index in [2.05, 4.69) is 15.5 Å². The van der Waals surface area contributed by atoms with Gasteiger partial charge in [0.2, 0.25) is 0 Å². The van der Waals surface area contributed by atoms with Crippen LogP contribution in [0, 0.1) is 6.92 Å². The minimum Gasteiger partial charge on any atom is -0.480 e. The molecule has 0 spiro atoms. The Morgan fingerprint density at radius 3 is 2.70 bits per heavy atom. The average Bonchev–Trinajstić information content (AvgIpc) is 3.23. The Labute approximate surface area is 160 Å². The Kier molecular flexibility index (Phi) is 5.27. The van der Waals surface area contributed by atoms with Crippen LogP contribution in [0.1, 0.15) is 34.7 Å². The number of benzene rings is 1. The minimum atomic E-state index is -1.03. The summed E-state index contributed by atoms with van der Waals surface area (Å²) >= 11 is 6.18. The Balaban J connectivity index is 1.72. The SMILES string of the molecule is Cc1cc(NC(=O)c2ccn(C(C)C(=O)O)n2)nn1Cc1ccccc1Cl. The number of aliphatic carboxylic acids is 1. The lowest BCUT2D eigenvalue weighted by Gasteiger charge is -2.06. The summed E-state index contributed by atoms with van der Waals surface area (Å²) in [6.07, 6.45) is 1.45. The molecule has 2 heterocycles. The van der Waals surface area contributed by atoms with Crippen molar-refractivity contribution in [1.29, 1.82) is 0 Å². The molecular weight excluding hydrogens is 370 g/mol. The summed E-state index contributed by atoms with van der Waals surface area (Å²) in [4.78, 5) is 23.3. The van der Waals surface area contributed by atoms with Crippen LogP contribution < -0.4 is 5.32 Å². The second kappa shape index (κ2) is 7.63. The summed E-state index contributed by atoms with van der Waals surface area (Å²) in [7, 11) is 0. The molecular formula is C18H18ClN5O3. The fourth-order valence-corrected chi connectivity index (χ4v) is 2.68. The molecule has 9 heteroatoms. The van der Waals surface area contributed by atoms with Crippen molar-refractivity contribution in [3.63, 3.8) is 0 Å². The van der Waals surface area contributed by atoms with Crippen molar-refractivity contribution in [3.8, 4) is 0 Å². The third-order valence-electron chi connectivity index (χ3n) is 4.10. The molecule has 0 aliphatic carbocycles. The first-order chi connectivity index (χ1) is 12.8. The monoisotopic (exact) mass is 387 g/mol. The first-order valence-corrected chi connectivity index (χ1v) is 8.60. The van der Waals surface area contributed by atoms with Gasteiger partial charge in [0, 0.05) is 23.0 Å². The molecule has 8 nitrogen and oxygen atoms in total. The third-order valence-corrected chi connectivity index (χ3v) is 4.46. The number of carboxylic acids is 1. The van der Waals surface area contributed by atoms with Gasteiger partial charge < -0.3 is 10.4 Å². The molecule has 1 aromatic carbocycles. The summed E-state index contributed by atoms with van der Waals surface area (Å²) in [5.74, 6) is -1.11. The molecule has 0 saturated carbocycles. The normalized spacial score (nSPS) is 12.0. The first kappa shape index (κ1) is 18.7. The Bertz CT molecular complexity index is 995. The van der Waals surface area contributed by atoms with Gasteiger partial charge in [0.1, 0.15) is 6.04 Å². The Morgan fingerprint density at radius 1 is 1.26 bits per heavy atom. The van der Waals surface area contributed by atoms with Gasteiger partial charge in [-0.1, -0.05) is 29.8 Å². The van der Waals surface area contributed by atoms with Gasteiger partial charge >= 0.3 is 5.97 Å². The van der Waals surface area contributed by atoms with Crippen LogP contribution in [0.2, 0.25) is 5.02 Å². The van der Waals surface area contributed by atoms with Crippen LogP contribution in [-0.4, -0.2) is 36.5 Å². The molecule has 0 radical (unpaired) electrons. The zero-order chi connectivity index (χ0) is 19.6. The molecule has 0 aliphatic heterocycles. The lowest BCUT2D eigenvalue weighted by atomic mass is 10.2. The zero-order valence-corrected chi connectivity index (χ0v) is 15.5. The minimum absolute atomic E-state index is 0.112. The molecule has 1 unspecified atom stereocenters.